The van der Waals surface area contributed by atoms with E-state index in [0.29, 0.717) is 5.69 Å². The van der Waals surface area contributed by atoms with Crippen molar-refractivity contribution in [3.8, 4) is 0 Å². The minimum Gasteiger partial charge on any atom is -0.336 e. The fraction of sp³-hybridized carbons (Fsp3) is 0.455. The van der Waals surface area contributed by atoms with E-state index in [-0.39, 0.29) is 18.9 Å². The first-order valence-corrected chi connectivity index (χ1v) is 6.28. The van der Waals surface area contributed by atoms with Crippen molar-refractivity contribution in [2.24, 2.45) is 7.05 Å². The summed E-state index contributed by atoms with van der Waals surface area (Å²) < 4.78 is 40.1. The maximum atomic E-state index is 12.5. The largest absolute Gasteiger partial charge is 0.435 e. The van der Waals surface area contributed by atoms with E-state index in [1.165, 1.54) is 22.5 Å². The lowest BCUT2D eigenvalue weighted by atomic mass is 10.4. The van der Waals surface area contributed by atoms with Crippen LogP contribution in [0.3, 0.4) is 0 Å². The Hall–Kier alpha value is -2.59. The Labute approximate surface area is 123 Å². The number of hydrogen-bond donors (Lipinski definition) is 2. The number of aryl methyl sites for hydroxylation is 2. The smallest absolute Gasteiger partial charge is 0.336 e. The van der Waals surface area contributed by atoms with Gasteiger partial charge in [0.2, 0.25) is 0 Å². The summed E-state index contributed by atoms with van der Waals surface area (Å²) in [5.74, 6) is 0.273. The Morgan fingerprint density at radius 3 is 2.68 bits per heavy atom. The summed E-state index contributed by atoms with van der Waals surface area (Å²) in [5, 5.41) is 15.7. The molecular weight excluding hydrogens is 303 g/mol. The van der Waals surface area contributed by atoms with E-state index in [4.69, 9.17) is 0 Å². The van der Waals surface area contributed by atoms with Gasteiger partial charge in [-0.2, -0.15) is 18.3 Å². The van der Waals surface area contributed by atoms with Gasteiger partial charge in [-0.3, -0.25) is 14.7 Å². The SMILES string of the molecule is Cc1cc(C(F)(F)F)nn1CCNC(=O)Nc1cn(C)nn1. The van der Waals surface area contributed by atoms with Gasteiger partial charge in [-0.15, -0.1) is 5.10 Å². The number of anilines is 1. The molecule has 0 aliphatic heterocycles. The molecule has 0 saturated heterocycles. The Bertz CT molecular complexity index is 661. The molecule has 0 saturated carbocycles. The van der Waals surface area contributed by atoms with Crippen molar-refractivity contribution >= 4 is 11.8 Å². The fourth-order valence-electron chi connectivity index (χ4n) is 1.72. The van der Waals surface area contributed by atoms with E-state index in [0.717, 1.165) is 6.07 Å². The van der Waals surface area contributed by atoms with Crippen molar-refractivity contribution in [3.05, 3.63) is 23.7 Å². The number of amides is 2. The number of nitrogens with one attached hydrogen (secondary N) is 2. The molecule has 0 atom stereocenters. The average molecular weight is 317 g/mol. The van der Waals surface area contributed by atoms with Crippen LogP contribution in [0.5, 0.6) is 0 Å². The third kappa shape index (κ3) is 3.96. The molecule has 0 aromatic carbocycles. The molecule has 0 bridgehead atoms. The highest BCUT2D eigenvalue weighted by atomic mass is 19.4. The number of alkyl halides is 3. The summed E-state index contributed by atoms with van der Waals surface area (Å²) >= 11 is 0. The minimum absolute atomic E-state index is 0.117. The minimum atomic E-state index is -4.48. The average Bonchev–Trinajstić information content (AvgIpc) is 2.96. The predicted octanol–water partition coefficient (Wildman–Crippen LogP) is 1.16. The van der Waals surface area contributed by atoms with Crippen LogP contribution in [0.2, 0.25) is 0 Å². The van der Waals surface area contributed by atoms with Crippen molar-refractivity contribution < 1.29 is 18.0 Å². The van der Waals surface area contributed by atoms with Crippen LogP contribution in [-0.4, -0.2) is 37.4 Å². The van der Waals surface area contributed by atoms with Gasteiger partial charge in [0.1, 0.15) is 0 Å². The molecule has 2 N–H and O–H groups in total. The van der Waals surface area contributed by atoms with Gasteiger partial charge in [-0.25, -0.2) is 4.79 Å². The van der Waals surface area contributed by atoms with Gasteiger partial charge in [0.15, 0.2) is 11.5 Å². The standard InChI is InChI=1S/C11H14F3N7O/c1-7-5-8(11(12,13)14)18-21(7)4-3-15-10(22)16-9-6-20(2)19-17-9/h5-6H,3-4H2,1-2H3,(H2,15,16,22). The summed E-state index contributed by atoms with van der Waals surface area (Å²) in [5.41, 5.74) is -0.586. The number of urea groups is 1. The van der Waals surface area contributed by atoms with Crippen molar-refractivity contribution in [1.29, 1.82) is 0 Å². The second-order valence-corrected chi connectivity index (χ2v) is 4.55. The molecule has 0 radical (unpaired) electrons. The van der Waals surface area contributed by atoms with E-state index in [1.54, 1.807) is 7.05 Å². The van der Waals surface area contributed by atoms with Gasteiger partial charge >= 0.3 is 12.2 Å². The Morgan fingerprint density at radius 2 is 2.14 bits per heavy atom. The second kappa shape index (κ2) is 6.03. The molecule has 2 aromatic heterocycles. The first-order chi connectivity index (χ1) is 10.3. The lowest BCUT2D eigenvalue weighted by Gasteiger charge is -2.07. The van der Waals surface area contributed by atoms with Crippen LogP contribution < -0.4 is 10.6 Å². The van der Waals surface area contributed by atoms with Crippen LogP contribution in [0.1, 0.15) is 11.4 Å². The van der Waals surface area contributed by atoms with Crippen molar-refractivity contribution in [3.63, 3.8) is 0 Å². The van der Waals surface area contributed by atoms with E-state index >= 15 is 0 Å². The molecule has 22 heavy (non-hydrogen) atoms. The lowest BCUT2D eigenvalue weighted by molar-refractivity contribution is -0.141. The van der Waals surface area contributed by atoms with Gasteiger partial charge in [0.25, 0.3) is 0 Å². The maximum absolute atomic E-state index is 12.5. The van der Waals surface area contributed by atoms with Crippen LogP contribution in [-0.2, 0) is 19.8 Å². The van der Waals surface area contributed by atoms with Crippen LogP contribution in [0.15, 0.2) is 12.3 Å². The van der Waals surface area contributed by atoms with Crippen LogP contribution in [0, 0.1) is 6.92 Å². The molecule has 11 heteroatoms. The number of carbonyl (C=O) groups is 1. The predicted molar refractivity (Wildman–Crippen MR) is 70.0 cm³/mol. The first kappa shape index (κ1) is 15.8. The number of rotatable bonds is 4. The third-order valence-corrected chi connectivity index (χ3v) is 2.73. The summed E-state index contributed by atoms with van der Waals surface area (Å²) in [6.07, 6.45) is -2.97. The van der Waals surface area contributed by atoms with Gasteiger partial charge in [-0.05, 0) is 13.0 Å². The number of nitrogens with zero attached hydrogens (tertiary/aromatic N) is 5. The summed E-state index contributed by atoms with van der Waals surface area (Å²) in [6, 6.07) is 0.431. The molecular formula is C11H14F3N7O. The van der Waals surface area contributed by atoms with Crippen LogP contribution in [0.25, 0.3) is 0 Å². The number of carbonyl (C=O) groups excluding carboxylic acids is 1. The molecule has 120 valence electrons. The van der Waals surface area contributed by atoms with Crippen molar-refractivity contribution in [1.82, 2.24) is 30.1 Å². The second-order valence-electron chi connectivity index (χ2n) is 4.55. The zero-order valence-electron chi connectivity index (χ0n) is 11.8. The van der Waals surface area contributed by atoms with Crippen molar-refractivity contribution in [2.45, 2.75) is 19.6 Å². The highest BCUT2D eigenvalue weighted by Gasteiger charge is 2.34. The lowest BCUT2D eigenvalue weighted by Crippen LogP contribution is -2.32. The number of hydrogen-bond acceptors (Lipinski definition) is 4. The molecule has 8 nitrogen and oxygen atoms in total. The highest BCUT2D eigenvalue weighted by molar-refractivity contribution is 5.87. The van der Waals surface area contributed by atoms with Gasteiger partial charge in [0.05, 0.1) is 12.7 Å². The normalized spacial score (nSPS) is 11.5. The Balaban J connectivity index is 1.83. The molecule has 2 aromatic rings. The van der Waals surface area contributed by atoms with Gasteiger partial charge in [-0.1, -0.05) is 5.21 Å². The zero-order valence-corrected chi connectivity index (χ0v) is 11.8. The summed E-state index contributed by atoms with van der Waals surface area (Å²) in [6.45, 7) is 1.75. The highest BCUT2D eigenvalue weighted by Crippen LogP contribution is 2.28. The maximum Gasteiger partial charge on any atom is 0.435 e. The quantitative estimate of drug-likeness (QED) is 0.885. The molecule has 2 heterocycles. The van der Waals surface area contributed by atoms with Crippen LogP contribution in [0.4, 0.5) is 23.8 Å². The molecule has 2 amide bonds. The van der Waals surface area contributed by atoms with E-state index in [2.05, 4.69) is 26.0 Å². The number of halogens is 3. The molecule has 0 fully saturated rings. The van der Waals surface area contributed by atoms with E-state index in [1.807, 2.05) is 0 Å². The van der Waals surface area contributed by atoms with Crippen LogP contribution >= 0.6 is 0 Å². The van der Waals surface area contributed by atoms with Gasteiger partial charge < -0.3 is 5.32 Å². The third-order valence-electron chi connectivity index (χ3n) is 2.73. The topological polar surface area (TPSA) is 89.7 Å². The molecule has 0 aliphatic carbocycles. The Kier molecular flexibility index (Phi) is 4.33. The fourth-order valence-corrected chi connectivity index (χ4v) is 1.72. The summed E-state index contributed by atoms with van der Waals surface area (Å²) in [4.78, 5) is 11.6. The Morgan fingerprint density at radius 1 is 1.41 bits per heavy atom. The molecule has 0 unspecified atom stereocenters. The monoisotopic (exact) mass is 317 g/mol. The first-order valence-electron chi connectivity index (χ1n) is 6.28. The molecule has 0 aliphatic rings. The molecule has 0 spiro atoms. The zero-order chi connectivity index (χ0) is 16.3. The molecule has 2 rings (SSSR count). The number of aromatic nitrogens is 5. The van der Waals surface area contributed by atoms with E-state index < -0.39 is 17.9 Å². The van der Waals surface area contributed by atoms with Gasteiger partial charge in [0, 0.05) is 19.3 Å². The summed E-state index contributed by atoms with van der Waals surface area (Å²) in [7, 11) is 1.65. The van der Waals surface area contributed by atoms with E-state index in [9.17, 15) is 18.0 Å². The van der Waals surface area contributed by atoms with Crippen molar-refractivity contribution in [2.75, 3.05) is 11.9 Å².